The quantitative estimate of drug-likeness (QED) is 0.860. The minimum Gasteiger partial charge on any atom is -0.330 e. The van der Waals surface area contributed by atoms with Gasteiger partial charge in [0.25, 0.3) is 0 Å². The van der Waals surface area contributed by atoms with Crippen molar-refractivity contribution < 1.29 is 0 Å². The third-order valence-corrected chi connectivity index (χ3v) is 4.12. The molecule has 0 aromatic carbocycles. The molecule has 19 heavy (non-hydrogen) atoms. The maximum atomic E-state index is 5.87. The average Bonchev–Trinajstić information content (AvgIpc) is 2.60. The van der Waals surface area contributed by atoms with Crippen molar-refractivity contribution in [2.45, 2.75) is 47.6 Å². The van der Waals surface area contributed by atoms with Crippen molar-refractivity contribution in [3.8, 4) is 0 Å². The van der Waals surface area contributed by atoms with Crippen LogP contribution in [0.3, 0.4) is 0 Å². The van der Waals surface area contributed by atoms with E-state index in [2.05, 4.69) is 51.5 Å². The van der Waals surface area contributed by atoms with E-state index in [1.165, 1.54) is 11.3 Å². The molecule has 0 amide bonds. The Hall–Kier alpha value is -0.870. The van der Waals surface area contributed by atoms with Gasteiger partial charge in [-0.25, -0.2) is 0 Å². The monoisotopic (exact) mass is 266 g/mol. The van der Waals surface area contributed by atoms with E-state index in [9.17, 15) is 0 Å². The van der Waals surface area contributed by atoms with Gasteiger partial charge in [-0.1, -0.05) is 20.8 Å². The number of hydrogen-bond donors (Lipinski definition) is 1. The van der Waals surface area contributed by atoms with E-state index in [-0.39, 0.29) is 5.41 Å². The molecule has 4 nitrogen and oxygen atoms in total. The number of aryl methyl sites for hydroxylation is 2. The summed E-state index contributed by atoms with van der Waals surface area (Å²) in [5, 5.41) is 4.53. The topological polar surface area (TPSA) is 47.1 Å². The summed E-state index contributed by atoms with van der Waals surface area (Å²) >= 11 is 0. The van der Waals surface area contributed by atoms with Crippen LogP contribution < -0.4 is 5.73 Å². The van der Waals surface area contributed by atoms with Gasteiger partial charge in [0, 0.05) is 30.9 Å². The Balaban J connectivity index is 2.99. The lowest BCUT2D eigenvalue weighted by atomic mass is 9.91. The first-order valence-corrected chi connectivity index (χ1v) is 7.17. The SMILES string of the molecule is CCN(CC(C)(C)CN)C(C)c1c(C)nn(C)c1C. The fourth-order valence-electron chi connectivity index (χ4n) is 2.71. The van der Waals surface area contributed by atoms with Crippen molar-refractivity contribution in [2.24, 2.45) is 18.2 Å². The van der Waals surface area contributed by atoms with Crippen LogP contribution in [0.5, 0.6) is 0 Å². The first-order valence-electron chi connectivity index (χ1n) is 7.17. The standard InChI is InChI=1S/C15H30N4/c1-8-19(10-15(5,6)9-16)13(4)14-11(2)17-18(7)12(14)3/h13H,8-10,16H2,1-7H3. The predicted molar refractivity (Wildman–Crippen MR) is 81.2 cm³/mol. The van der Waals surface area contributed by atoms with Crippen molar-refractivity contribution >= 4 is 0 Å². The number of nitrogens with zero attached hydrogens (tertiary/aromatic N) is 3. The van der Waals surface area contributed by atoms with Gasteiger partial charge in [0.05, 0.1) is 5.69 Å². The van der Waals surface area contributed by atoms with Crippen LogP contribution in [0.1, 0.15) is 50.7 Å². The van der Waals surface area contributed by atoms with Crippen LogP contribution in [0.25, 0.3) is 0 Å². The fraction of sp³-hybridized carbons (Fsp3) is 0.800. The summed E-state index contributed by atoms with van der Waals surface area (Å²) in [6.45, 7) is 15.9. The number of aromatic nitrogens is 2. The van der Waals surface area contributed by atoms with Crippen LogP contribution in [0.2, 0.25) is 0 Å². The molecule has 0 saturated heterocycles. The molecule has 1 aromatic rings. The third kappa shape index (κ3) is 3.57. The molecule has 1 aromatic heterocycles. The highest BCUT2D eigenvalue weighted by Crippen LogP contribution is 2.28. The second kappa shape index (κ2) is 6.06. The van der Waals surface area contributed by atoms with Gasteiger partial charge in [-0.15, -0.1) is 0 Å². The highest BCUT2D eigenvalue weighted by atomic mass is 15.3. The maximum absolute atomic E-state index is 5.87. The van der Waals surface area contributed by atoms with E-state index >= 15 is 0 Å². The molecule has 0 saturated carbocycles. The van der Waals surface area contributed by atoms with Gasteiger partial charge in [0.1, 0.15) is 0 Å². The molecule has 0 aliphatic heterocycles. The van der Waals surface area contributed by atoms with Gasteiger partial charge < -0.3 is 5.73 Å². The maximum Gasteiger partial charge on any atom is 0.0644 e. The van der Waals surface area contributed by atoms with E-state index in [1.54, 1.807) is 0 Å². The molecule has 0 fully saturated rings. The minimum absolute atomic E-state index is 0.147. The first-order chi connectivity index (χ1) is 8.73. The molecule has 2 N–H and O–H groups in total. The van der Waals surface area contributed by atoms with Gasteiger partial charge in [0.2, 0.25) is 0 Å². The molecule has 1 heterocycles. The Morgan fingerprint density at radius 1 is 1.37 bits per heavy atom. The molecule has 0 radical (unpaired) electrons. The Morgan fingerprint density at radius 3 is 2.32 bits per heavy atom. The van der Waals surface area contributed by atoms with E-state index in [1.807, 2.05) is 11.7 Å². The van der Waals surface area contributed by atoms with Crippen LogP contribution in [-0.2, 0) is 7.05 Å². The van der Waals surface area contributed by atoms with E-state index in [0.717, 1.165) is 18.8 Å². The molecule has 4 heteroatoms. The zero-order chi connectivity index (χ0) is 14.8. The largest absolute Gasteiger partial charge is 0.330 e. The summed E-state index contributed by atoms with van der Waals surface area (Å²) in [6.07, 6.45) is 0. The highest BCUT2D eigenvalue weighted by Gasteiger charge is 2.26. The zero-order valence-electron chi connectivity index (χ0n) is 13.6. The average molecular weight is 266 g/mol. The van der Waals surface area contributed by atoms with Crippen LogP contribution in [0.4, 0.5) is 0 Å². The van der Waals surface area contributed by atoms with Crippen LogP contribution in [0.15, 0.2) is 0 Å². The van der Waals surface area contributed by atoms with Crippen LogP contribution in [-0.4, -0.2) is 34.3 Å². The van der Waals surface area contributed by atoms with E-state index in [0.29, 0.717) is 12.6 Å². The molecule has 1 unspecified atom stereocenters. The van der Waals surface area contributed by atoms with Crippen molar-refractivity contribution in [2.75, 3.05) is 19.6 Å². The first kappa shape index (κ1) is 16.2. The van der Waals surface area contributed by atoms with Gasteiger partial charge in [-0.2, -0.15) is 5.10 Å². The summed E-state index contributed by atoms with van der Waals surface area (Å²) in [6, 6.07) is 0.379. The van der Waals surface area contributed by atoms with Crippen molar-refractivity contribution in [3.05, 3.63) is 17.0 Å². The number of nitrogens with two attached hydrogens (primary N) is 1. The molecule has 1 atom stereocenters. The van der Waals surface area contributed by atoms with Gasteiger partial charge in [-0.05, 0) is 39.3 Å². The summed E-state index contributed by atoms with van der Waals surface area (Å²) < 4.78 is 1.98. The summed E-state index contributed by atoms with van der Waals surface area (Å²) in [5.74, 6) is 0. The lowest BCUT2D eigenvalue weighted by Gasteiger charge is -2.35. The lowest BCUT2D eigenvalue weighted by Crippen LogP contribution is -2.40. The van der Waals surface area contributed by atoms with Crippen molar-refractivity contribution in [1.82, 2.24) is 14.7 Å². The molecule has 1 rings (SSSR count). The zero-order valence-corrected chi connectivity index (χ0v) is 13.6. The Bertz CT molecular complexity index is 420. The van der Waals surface area contributed by atoms with Gasteiger partial charge in [-0.3, -0.25) is 9.58 Å². The molecule has 0 aliphatic rings. The van der Waals surface area contributed by atoms with Gasteiger partial charge >= 0.3 is 0 Å². The lowest BCUT2D eigenvalue weighted by molar-refractivity contribution is 0.147. The molecule has 0 bridgehead atoms. The Morgan fingerprint density at radius 2 is 1.95 bits per heavy atom. The highest BCUT2D eigenvalue weighted by molar-refractivity contribution is 5.27. The second-order valence-corrected chi connectivity index (χ2v) is 6.32. The predicted octanol–water partition coefficient (Wildman–Crippen LogP) is 2.40. The Labute approximate surface area is 118 Å². The smallest absolute Gasteiger partial charge is 0.0644 e. The molecule has 0 aliphatic carbocycles. The molecular weight excluding hydrogens is 236 g/mol. The fourth-order valence-corrected chi connectivity index (χ4v) is 2.71. The van der Waals surface area contributed by atoms with E-state index in [4.69, 9.17) is 5.73 Å². The molecular formula is C15H30N4. The van der Waals surface area contributed by atoms with Crippen LogP contribution in [0, 0.1) is 19.3 Å². The van der Waals surface area contributed by atoms with E-state index < -0.39 is 0 Å². The summed E-state index contributed by atoms with van der Waals surface area (Å²) in [7, 11) is 2.01. The number of hydrogen-bond acceptors (Lipinski definition) is 3. The molecule has 110 valence electrons. The van der Waals surface area contributed by atoms with Crippen molar-refractivity contribution in [1.29, 1.82) is 0 Å². The Kier molecular flexibility index (Phi) is 5.16. The normalized spacial score (nSPS) is 14.2. The summed E-state index contributed by atoms with van der Waals surface area (Å²) in [4.78, 5) is 2.49. The second-order valence-electron chi connectivity index (χ2n) is 6.32. The number of rotatable bonds is 6. The van der Waals surface area contributed by atoms with Crippen LogP contribution >= 0.6 is 0 Å². The summed E-state index contributed by atoms with van der Waals surface area (Å²) in [5.41, 5.74) is 9.77. The van der Waals surface area contributed by atoms with Gasteiger partial charge in [0.15, 0.2) is 0 Å². The minimum atomic E-state index is 0.147. The third-order valence-electron chi connectivity index (χ3n) is 4.12. The molecule has 0 spiro atoms. The van der Waals surface area contributed by atoms with Crippen molar-refractivity contribution in [3.63, 3.8) is 0 Å².